The van der Waals surface area contributed by atoms with E-state index in [0.717, 1.165) is 18.7 Å². The molecule has 5 heteroatoms. The summed E-state index contributed by atoms with van der Waals surface area (Å²) in [5.74, 6) is -0.304. The average Bonchev–Trinajstić information content (AvgIpc) is 2.75. The molecule has 1 saturated heterocycles. The van der Waals surface area contributed by atoms with Crippen molar-refractivity contribution in [1.29, 1.82) is 0 Å². The molecule has 1 atom stereocenters. The summed E-state index contributed by atoms with van der Waals surface area (Å²) in [6.45, 7) is 4.45. The summed E-state index contributed by atoms with van der Waals surface area (Å²) in [7, 11) is 0. The number of benzene rings is 2. The quantitative estimate of drug-likeness (QED) is 0.714. The van der Waals surface area contributed by atoms with Crippen molar-refractivity contribution in [3.05, 3.63) is 81.7 Å². The average molecular weight is 390 g/mol. The Hall–Kier alpha value is -2.92. The molecule has 0 unspecified atom stereocenters. The zero-order valence-corrected chi connectivity index (χ0v) is 16.7. The minimum atomic E-state index is -0.358. The van der Waals surface area contributed by atoms with Crippen LogP contribution in [0.4, 0.5) is 0 Å². The fourth-order valence-corrected chi connectivity index (χ4v) is 4.01. The summed E-state index contributed by atoms with van der Waals surface area (Å²) < 4.78 is 5.74. The Balaban J connectivity index is 1.55. The smallest absolute Gasteiger partial charge is 0.287 e. The number of hydrogen-bond acceptors (Lipinski definition) is 4. The zero-order chi connectivity index (χ0) is 20.2. The number of nitrogens with zero attached hydrogens (tertiary/aromatic N) is 1. The van der Waals surface area contributed by atoms with Gasteiger partial charge in [-0.05, 0) is 56.1 Å². The number of aryl methyl sites for hydroxylation is 1. The molecule has 2 aromatic carbocycles. The molecular weight excluding hydrogens is 364 g/mol. The molecule has 150 valence electrons. The van der Waals surface area contributed by atoms with Crippen molar-refractivity contribution < 1.29 is 9.21 Å². The SMILES string of the molecule is Cc1ccc2c(=O)cc(C(=O)NC[C@H](c3ccccc3)N3CCCCC3)oc2c1. The third-order valence-corrected chi connectivity index (χ3v) is 5.58. The van der Waals surface area contributed by atoms with Gasteiger partial charge in [0.15, 0.2) is 11.2 Å². The van der Waals surface area contributed by atoms with Gasteiger partial charge in [0.1, 0.15) is 5.58 Å². The number of rotatable bonds is 5. The van der Waals surface area contributed by atoms with E-state index in [0.29, 0.717) is 17.5 Å². The van der Waals surface area contributed by atoms with Gasteiger partial charge in [0.25, 0.3) is 5.91 Å². The first-order valence-corrected chi connectivity index (χ1v) is 10.2. The van der Waals surface area contributed by atoms with Crippen molar-refractivity contribution in [2.45, 2.75) is 32.2 Å². The Labute approximate surface area is 170 Å². The number of carbonyl (C=O) groups is 1. The lowest BCUT2D eigenvalue weighted by molar-refractivity contribution is 0.0897. The fraction of sp³-hybridized carbons (Fsp3) is 0.333. The van der Waals surface area contributed by atoms with Crippen LogP contribution in [0.5, 0.6) is 0 Å². The van der Waals surface area contributed by atoms with E-state index in [-0.39, 0.29) is 23.1 Å². The number of likely N-dealkylation sites (tertiary alicyclic amines) is 1. The van der Waals surface area contributed by atoms with E-state index in [2.05, 4.69) is 22.3 Å². The minimum absolute atomic E-state index is 0.0542. The summed E-state index contributed by atoms with van der Waals surface area (Å²) in [6, 6.07) is 17.0. The van der Waals surface area contributed by atoms with Crippen LogP contribution in [0.15, 0.2) is 63.8 Å². The molecule has 0 spiro atoms. The Bertz CT molecular complexity index is 1050. The van der Waals surface area contributed by atoms with E-state index in [9.17, 15) is 9.59 Å². The maximum atomic E-state index is 12.8. The normalized spacial score (nSPS) is 15.9. The molecule has 29 heavy (non-hydrogen) atoms. The second-order valence-electron chi connectivity index (χ2n) is 7.71. The largest absolute Gasteiger partial charge is 0.451 e. The summed E-state index contributed by atoms with van der Waals surface area (Å²) >= 11 is 0. The molecule has 2 heterocycles. The van der Waals surface area contributed by atoms with Crippen LogP contribution >= 0.6 is 0 Å². The molecule has 1 N–H and O–H groups in total. The lowest BCUT2D eigenvalue weighted by atomic mass is 10.0. The molecule has 1 amide bonds. The van der Waals surface area contributed by atoms with Crippen molar-refractivity contribution in [1.82, 2.24) is 10.2 Å². The predicted molar refractivity (Wildman–Crippen MR) is 114 cm³/mol. The number of amides is 1. The molecule has 0 radical (unpaired) electrons. The first kappa shape index (κ1) is 19.4. The lowest BCUT2D eigenvalue weighted by Crippen LogP contribution is -2.40. The summed E-state index contributed by atoms with van der Waals surface area (Å²) in [5, 5.41) is 3.48. The van der Waals surface area contributed by atoms with Gasteiger partial charge in [-0.1, -0.05) is 42.8 Å². The summed E-state index contributed by atoms with van der Waals surface area (Å²) in [6.07, 6.45) is 3.61. The number of carbonyl (C=O) groups excluding carboxylic acids is 1. The Morgan fingerprint density at radius 3 is 2.59 bits per heavy atom. The van der Waals surface area contributed by atoms with Crippen LogP contribution in [0.3, 0.4) is 0 Å². The van der Waals surface area contributed by atoms with Crippen LogP contribution < -0.4 is 10.7 Å². The predicted octanol–water partition coefficient (Wildman–Crippen LogP) is 4.06. The Morgan fingerprint density at radius 1 is 1.07 bits per heavy atom. The second-order valence-corrected chi connectivity index (χ2v) is 7.71. The van der Waals surface area contributed by atoms with Crippen molar-refractivity contribution >= 4 is 16.9 Å². The maximum Gasteiger partial charge on any atom is 0.287 e. The molecular formula is C24H26N2O3. The van der Waals surface area contributed by atoms with Gasteiger partial charge in [0.2, 0.25) is 0 Å². The molecule has 5 nitrogen and oxygen atoms in total. The van der Waals surface area contributed by atoms with Gasteiger partial charge in [-0.25, -0.2) is 0 Å². The van der Waals surface area contributed by atoms with Crippen LogP contribution in [0.25, 0.3) is 11.0 Å². The third kappa shape index (κ3) is 4.40. The van der Waals surface area contributed by atoms with Gasteiger partial charge in [0, 0.05) is 12.6 Å². The first-order valence-electron chi connectivity index (χ1n) is 10.2. The number of fused-ring (bicyclic) bond motifs is 1. The van der Waals surface area contributed by atoms with Crippen LogP contribution in [0.2, 0.25) is 0 Å². The van der Waals surface area contributed by atoms with Crippen molar-refractivity contribution in [2.75, 3.05) is 19.6 Å². The van der Waals surface area contributed by atoms with Gasteiger partial charge < -0.3 is 9.73 Å². The second kappa shape index (κ2) is 8.62. The molecule has 3 aromatic rings. The zero-order valence-electron chi connectivity index (χ0n) is 16.7. The number of nitrogens with one attached hydrogen (secondary N) is 1. The van der Waals surface area contributed by atoms with E-state index >= 15 is 0 Å². The van der Waals surface area contributed by atoms with Crippen molar-refractivity contribution in [2.24, 2.45) is 0 Å². The van der Waals surface area contributed by atoms with Crippen LogP contribution in [-0.2, 0) is 0 Å². The first-order chi connectivity index (χ1) is 14.1. The van der Waals surface area contributed by atoms with Gasteiger partial charge in [0.05, 0.1) is 11.4 Å². The molecule has 1 fully saturated rings. The molecule has 1 aliphatic heterocycles. The molecule has 1 aromatic heterocycles. The fourth-order valence-electron chi connectivity index (χ4n) is 4.01. The molecule has 1 aliphatic rings. The topological polar surface area (TPSA) is 62.6 Å². The van der Waals surface area contributed by atoms with E-state index in [1.54, 1.807) is 12.1 Å². The molecule has 0 bridgehead atoms. The van der Waals surface area contributed by atoms with Gasteiger partial charge in [-0.3, -0.25) is 14.5 Å². The highest BCUT2D eigenvalue weighted by Gasteiger charge is 2.23. The van der Waals surface area contributed by atoms with Gasteiger partial charge in [-0.15, -0.1) is 0 Å². The lowest BCUT2D eigenvalue weighted by Gasteiger charge is -2.35. The highest BCUT2D eigenvalue weighted by Crippen LogP contribution is 2.24. The van der Waals surface area contributed by atoms with Gasteiger partial charge >= 0.3 is 0 Å². The summed E-state index contributed by atoms with van der Waals surface area (Å²) in [4.78, 5) is 27.6. The van der Waals surface area contributed by atoms with Crippen LogP contribution in [-0.4, -0.2) is 30.4 Å². The van der Waals surface area contributed by atoms with Gasteiger partial charge in [-0.2, -0.15) is 0 Å². The standard InChI is InChI=1S/C24H26N2O3/c1-17-10-11-19-21(27)15-23(29-22(19)14-17)24(28)25-16-20(18-8-4-2-5-9-18)26-12-6-3-7-13-26/h2,4-5,8-11,14-15,20H,3,6-7,12-13,16H2,1H3,(H,25,28)/t20-/m1/s1. The molecule has 0 aliphatic carbocycles. The van der Waals surface area contributed by atoms with E-state index < -0.39 is 0 Å². The minimum Gasteiger partial charge on any atom is -0.451 e. The van der Waals surface area contributed by atoms with E-state index in [1.807, 2.05) is 31.2 Å². The van der Waals surface area contributed by atoms with Crippen molar-refractivity contribution in [3.63, 3.8) is 0 Å². The summed E-state index contributed by atoms with van der Waals surface area (Å²) in [5.41, 5.74) is 2.41. The molecule has 0 saturated carbocycles. The number of hydrogen-bond donors (Lipinski definition) is 1. The van der Waals surface area contributed by atoms with Crippen molar-refractivity contribution in [3.8, 4) is 0 Å². The Morgan fingerprint density at radius 2 is 1.83 bits per heavy atom. The Kier molecular flexibility index (Phi) is 5.76. The maximum absolute atomic E-state index is 12.8. The highest BCUT2D eigenvalue weighted by molar-refractivity contribution is 5.93. The monoisotopic (exact) mass is 390 g/mol. The van der Waals surface area contributed by atoms with Crippen LogP contribution in [0, 0.1) is 6.92 Å². The molecule has 4 rings (SSSR count). The van der Waals surface area contributed by atoms with E-state index in [4.69, 9.17) is 4.42 Å². The third-order valence-electron chi connectivity index (χ3n) is 5.58. The van der Waals surface area contributed by atoms with E-state index in [1.165, 1.54) is 30.9 Å². The number of piperidine rings is 1. The highest BCUT2D eigenvalue weighted by atomic mass is 16.3. The van der Waals surface area contributed by atoms with Crippen LogP contribution in [0.1, 0.15) is 47.0 Å².